The van der Waals surface area contributed by atoms with Gasteiger partial charge in [0, 0.05) is 11.1 Å². The van der Waals surface area contributed by atoms with Crippen LogP contribution in [0.4, 0.5) is 0 Å². The number of Topliss-reactive ketones (excluding diaryl/α,β-unsaturated/α-hetero) is 2. The van der Waals surface area contributed by atoms with Crippen LogP contribution >= 0.6 is 0 Å². The van der Waals surface area contributed by atoms with Crippen LogP contribution in [0.2, 0.25) is 0 Å². The van der Waals surface area contributed by atoms with E-state index in [2.05, 4.69) is 27.7 Å². The van der Waals surface area contributed by atoms with Crippen LogP contribution in [0.1, 0.15) is 120 Å². The van der Waals surface area contributed by atoms with E-state index in [4.69, 9.17) is 9.47 Å². The SMILES string of the molecule is C.CCCCCC[C@H](C)Oc1ccc(C(=O)C(=O)c2ccc(O[C@@H](C)CCCCCC)cc2)cc1. The minimum Gasteiger partial charge on any atom is -0.491 e. The Balaban J connectivity index is 0.00000612. The van der Waals surface area contributed by atoms with Crippen LogP contribution in [-0.4, -0.2) is 23.8 Å². The highest BCUT2D eigenvalue weighted by atomic mass is 16.5. The molecule has 4 nitrogen and oxygen atoms in total. The van der Waals surface area contributed by atoms with Gasteiger partial charge in [-0.25, -0.2) is 0 Å². The highest BCUT2D eigenvalue weighted by molar-refractivity contribution is 6.49. The summed E-state index contributed by atoms with van der Waals surface area (Å²) in [5, 5.41) is 0. The number of unbranched alkanes of at least 4 members (excludes halogenated alkanes) is 6. The van der Waals surface area contributed by atoms with Gasteiger partial charge in [-0.3, -0.25) is 9.59 Å². The third-order valence-corrected chi connectivity index (χ3v) is 6.04. The average molecular weight is 483 g/mol. The lowest BCUT2D eigenvalue weighted by molar-refractivity contribution is 0.0817. The Kier molecular flexibility index (Phi) is 14.7. The monoisotopic (exact) mass is 482 g/mol. The van der Waals surface area contributed by atoms with Crippen LogP contribution in [0, 0.1) is 0 Å². The third kappa shape index (κ3) is 11.1. The van der Waals surface area contributed by atoms with Gasteiger partial charge in [-0.2, -0.15) is 0 Å². The van der Waals surface area contributed by atoms with E-state index in [1.807, 2.05) is 0 Å². The molecule has 0 unspecified atom stereocenters. The number of hydrogen-bond donors (Lipinski definition) is 0. The molecule has 194 valence electrons. The van der Waals surface area contributed by atoms with Crippen molar-refractivity contribution in [3.05, 3.63) is 59.7 Å². The normalized spacial score (nSPS) is 12.3. The van der Waals surface area contributed by atoms with E-state index in [1.54, 1.807) is 48.5 Å². The van der Waals surface area contributed by atoms with E-state index in [0.717, 1.165) is 37.2 Å². The van der Waals surface area contributed by atoms with Gasteiger partial charge in [0.25, 0.3) is 0 Å². The van der Waals surface area contributed by atoms with Gasteiger partial charge in [0.15, 0.2) is 0 Å². The Hall–Kier alpha value is -2.62. The van der Waals surface area contributed by atoms with Crippen LogP contribution in [0.25, 0.3) is 0 Å². The third-order valence-electron chi connectivity index (χ3n) is 6.04. The first kappa shape index (κ1) is 30.4. The minimum atomic E-state index is -0.517. The van der Waals surface area contributed by atoms with E-state index in [1.165, 1.54) is 38.5 Å². The van der Waals surface area contributed by atoms with Crippen LogP contribution in [-0.2, 0) is 0 Å². The van der Waals surface area contributed by atoms with Crippen molar-refractivity contribution < 1.29 is 19.1 Å². The quantitative estimate of drug-likeness (QED) is 0.128. The number of benzene rings is 2. The molecule has 2 aromatic carbocycles. The number of ether oxygens (including phenoxy) is 2. The molecule has 2 aromatic rings. The van der Waals surface area contributed by atoms with Gasteiger partial charge in [-0.05, 0) is 88.1 Å². The molecule has 0 spiro atoms. The highest BCUT2D eigenvalue weighted by Crippen LogP contribution is 2.20. The molecule has 0 aliphatic heterocycles. The molecule has 2 rings (SSSR count). The van der Waals surface area contributed by atoms with E-state index in [-0.39, 0.29) is 19.6 Å². The molecule has 0 aliphatic rings. The van der Waals surface area contributed by atoms with E-state index in [9.17, 15) is 9.59 Å². The summed E-state index contributed by atoms with van der Waals surface area (Å²) in [6, 6.07) is 13.7. The van der Waals surface area contributed by atoms with Gasteiger partial charge in [-0.15, -0.1) is 0 Å². The zero-order chi connectivity index (χ0) is 24.8. The summed E-state index contributed by atoms with van der Waals surface area (Å²) in [4.78, 5) is 25.4. The van der Waals surface area contributed by atoms with Crippen LogP contribution in [0.5, 0.6) is 11.5 Å². The first-order chi connectivity index (χ1) is 16.4. The molecule has 0 heterocycles. The summed E-state index contributed by atoms with van der Waals surface area (Å²) in [6.45, 7) is 8.54. The summed E-state index contributed by atoms with van der Waals surface area (Å²) in [6.07, 6.45) is 12.0. The van der Waals surface area contributed by atoms with Crippen LogP contribution in [0.15, 0.2) is 48.5 Å². The molecule has 0 saturated heterocycles. The van der Waals surface area contributed by atoms with Gasteiger partial charge >= 0.3 is 0 Å². The second-order valence-electron chi connectivity index (χ2n) is 9.26. The fourth-order valence-electron chi connectivity index (χ4n) is 3.93. The molecule has 2 atom stereocenters. The van der Waals surface area contributed by atoms with E-state index < -0.39 is 11.6 Å². The Morgan fingerprint density at radius 1 is 0.600 bits per heavy atom. The highest BCUT2D eigenvalue weighted by Gasteiger charge is 2.19. The summed E-state index contributed by atoms with van der Waals surface area (Å²) in [7, 11) is 0. The number of carbonyl (C=O) groups excluding carboxylic acids is 2. The molecule has 0 N–H and O–H groups in total. The van der Waals surface area contributed by atoms with Crippen molar-refractivity contribution in [1.29, 1.82) is 0 Å². The summed E-state index contributed by atoms with van der Waals surface area (Å²) >= 11 is 0. The van der Waals surface area contributed by atoms with Crippen molar-refractivity contribution in [2.24, 2.45) is 0 Å². The van der Waals surface area contributed by atoms with Crippen LogP contribution < -0.4 is 9.47 Å². The number of ketones is 2. The fourth-order valence-corrected chi connectivity index (χ4v) is 3.93. The van der Waals surface area contributed by atoms with Crippen molar-refractivity contribution >= 4 is 11.6 Å². The van der Waals surface area contributed by atoms with Gasteiger partial charge in [0.1, 0.15) is 11.5 Å². The molecular formula is C31H46O4. The summed E-state index contributed by atoms with van der Waals surface area (Å²) in [5.74, 6) is 0.406. The van der Waals surface area contributed by atoms with Crippen molar-refractivity contribution in [3.8, 4) is 11.5 Å². The van der Waals surface area contributed by atoms with Crippen molar-refractivity contribution in [3.63, 3.8) is 0 Å². The van der Waals surface area contributed by atoms with E-state index in [0.29, 0.717) is 11.1 Å². The molecule has 0 aliphatic carbocycles. The first-order valence-electron chi connectivity index (χ1n) is 13.1. The largest absolute Gasteiger partial charge is 0.491 e. The first-order valence-corrected chi connectivity index (χ1v) is 13.1. The van der Waals surface area contributed by atoms with Crippen molar-refractivity contribution in [2.75, 3.05) is 0 Å². The van der Waals surface area contributed by atoms with Crippen LogP contribution in [0.3, 0.4) is 0 Å². The Labute approximate surface area is 213 Å². The zero-order valence-electron chi connectivity index (χ0n) is 21.5. The molecule has 4 heteroatoms. The van der Waals surface area contributed by atoms with Crippen molar-refractivity contribution in [2.45, 2.75) is 112 Å². The predicted molar refractivity (Wildman–Crippen MR) is 146 cm³/mol. The second-order valence-corrected chi connectivity index (χ2v) is 9.26. The lowest BCUT2D eigenvalue weighted by Crippen LogP contribution is -2.15. The molecule has 0 amide bonds. The molecule has 0 bridgehead atoms. The topological polar surface area (TPSA) is 52.6 Å². The smallest absolute Gasteiger partial charge is 0.233 e. The summed E-state index contributed by atoms with van der Waals surface area (Å²) < 4.78 is 11.9. The molecule has 0 fully saturated rings. The standard InChI is InChI=1S/C30H42O4.CH4/c1-5-7-9-11-13-23(3)33-27-19-15-25(16-20-27)29(31)30(32)26-17-21-28(22-18-26)34-24(4)14-12-10-8-6-2;/h15-24H,5-14H2,1-4H3;1H4/t23-,24-;/m0./s1. The Morgan fingerprint density at radius 2 is 0.943 bits per heavy atom. The fraction of sp³-hybridized carbons (Fsp3) is 0.548. The number of hydrogen-bond acceptors (Lipinski definition) is 4. The predicted octanol–water partition coefficient (Wildman–Crippen LogP) is 8.86. The Morgan fingerprint density at radius 3 is 1.26 bits per heavy atom. The van der Waals surface area contributed by atoms with Gasteiger partial charge in [0.2, 0.25) is 11.6 Å². The second kappa shape index (κ2) is 16.9. The molecule has 0 aromatic heterocycles. The van der Waals surface area contributed by atoms with Gasteiger partial charge in [0.05, 0.1) is 12.2 Å². The molecule has 35 heavy (non-hydrogen) atoms. The van der Waals surface area contributed by atoms with Gasteiger partial charge < -0.3 is 9.47 Å². The Bertz CT molecular complexity index is 781. The molecular weight excluding hydrogens is 436 g/mol. The number of rotatable bonds is 17. The molecule has 0 saturated carbocycles. The number of carbonyl (C=O) groups is 2. The lowest BCUT2D eigenvalue weighted by Gasteiger charge is -2.15. The lowest BCUT2D eigenvalue weighted by atomic mass is 10.0. The maximum atomic E-state index is 12.7. The average Bonchev–Trinajstić information content (AvgIpc) is 2.84. The van der Waals surface area contributed by atoms with Gasteiger partial charge in [-0.1, -0.05) is 59.8 Å². The maximum Gasteiger partial charge on any atom is 0.233 e. The maximum absolute atomic E-state index is 12.7. The van der Waals surface area contributed by atoms with Crippen molar-refractivity contribution in [1.82, 2.24) is 0 Å². The zero-order valence-corrected chi connectivity index (χ0v) is 21.5. The summed E-state index contributed by atoms with van der Waals surface area (Å²) in [5.41, 5.74) is 0.739. The van der Waals surface area contributed by atoms with E-state index >= 15 is 0 Å². The molecule has 0 radical (unpaired) electrons. The minimum absolute atomic E-state index is 0.